The van der Waals surface area contributed by atoms with Gasteiger partial charge in [0.25, 0.3) is 12.3 Å². The second-order valence-electron chi connectivity index (χ2n) is 8.88. The molecule has 0 radical (unpaired) electrons. The van der Waals surface area contributed by atoms with Crippen LogP contribution in [0.1, 0.15) is 45.0 Å². The summed E-state index contributed by atoms with van der Waals surface area (Å²) in [5.74, 6) is -0.646. The van der Waals surface area contributed by atoms with E-state index in [2.05, 4.69) is 20.5 Å². The van der Waals surface area contributed by atoms with Crippen LogP contribution in [0.3, 0.4) is 0 Å². The smallest absolute Gasteiger partial charge is 0.319 e. The zero-order valence-corrected chi connectivity index (χ0v) is 20.7. The van der Waals surface area contributed by atoms with E-state index in [1.54, 1.807) is 50.2 Å². The SMILES string of the molecule is Cc1nn(Cc2cccc(C(F)(F)F)c2)c(C)c1NC(=O)c1cnn2c(C(F)F)cc(-c3ccccc3)nc12. The Morgan fingerprint density at radius 2 is 1.77 bits per heavy atom. The van der Waals surface area contributed by atoms with Gasteiger partial charge < -0.3 is 5.32 Å². The van der Waals surface area contributed by atoms with Crippen LogP contribution in [-0.4, -0.2) is 30.3 Å². The molecule has 0 saturated carbocycles. The van der Waals surface area contributed by atoms with Crippen molar-refractivity contribution in [3.05, 3.63) is 101 Å². The van der Waals surface area contributed by atoms with Crippen LogP contribution in [0.5, 0.6) is 0 Å². The van der Waals surface area contributed by atoms with Gasteiger partial charge in [-0.05, 0) is 37.6 Å². The van der Waals surface area contributed by atoms with E-state index in [4.69, 9.17) is 0 Å². The summed E-state index contributed by atoms with van der Waals surface area (Å²) in [6, 6.07) is 14.9. The van der Waals surface area contributed by atoms with Crippen LogP contribution in [0.4, 0.5) is 27.6 Å². The van der Waals surface area contributed by atoms with Crippen LogP contribution in [0.25, 0.3) is 16.9 Å². The first-order valence-electron chi connectivity index (χ1n) is 11.8. The monoisotopic (exact) mass is 540 g/mol. The minimum atomic E-state index is -4.48. The molecule has 1 N–H and O–H groups in total. The van der Waals surface area contributed by atoms with Gasteiger partial charge in [-0.15, -0.1) is 0 Å². The van der Waals surface area contributed by atoms with E-state index in [1.807, 2.05) is 0 Å². The lowest BCUT2D eigenvalue weighted by Crippen LogP contribution is -2.14. The predicted molar refractivity (Wildman–Crippen MR) is 134 cm³/mol. The van der Waals surface area contributed by atoms with E-state index in [0.717, 1.165) is 22.8 Å². The van der Waals surface area contributed by atoms with Crippen molar-refractivity contribution in [2.45, 2.75) is 33.0 Å². The standard InChI is InChI=1S/C27H21F5N6O/c1-15-23(16(2)37(36-15)14-17-7-6-10-19(11-17)27(30,31)32)35-26(39)20-13-33-38-22(24(28)29)12-21(34-25(20)38)18-8-4-3-5-9-18/h3-13,24H,14H2,1-2H3,(H,35,39). The fraction of sp³-hybridized carbons (Fsp3) is 0.185. The Balaban J connectivity index is 1.47. The average molecular weight is 540 g/mol. The lowest BCUT2D eigenvalue weighted by atomic mass is 10.1. The lowest BCUT2D eigenvalue weighted by molar-refractivity contribution is -0.137. The highest BCUT2D eigenvalue weighted by Crippen LogP contribution is 2.31. The minimum absolute atomic E-state index is 0.0286. The number of carbonyl (C=O) groups excluding carboxylic acids is 1. The molecular formula is C27H21F5N6O. The molecule has 0 aliphatic carbocycles. The topological polar surface area (TPSA) is 77.1 Å². The Bertz CT molecular complexity index is 1670. The van der Waals surface area contributed by atoms with Crippen LogP contribution in [0.2, 0.25) is 0 Å². The summed E-state index contributed by atoms with van der Waals surface area (Å²) in [7, 11) is 0. The van der Waals surface area contributed by atoms with E-state index >= 15 is 0 Å². The molecule has 3 heterocycles. The van der Waals surface area contributed by atoms with E-state index in [-0.39, 0.29) is 23.4 Å². The summed E-state index contributed by atoms with van der Waals surface area (Å²) in [5, 5.41) is 11.1. The maximum Gasteiger partial charge on any atom is 0.416 e. The normalized spacial score (nSPS) is 11.9. The fourth-order valence-electron chi connectivity index (χ4n) is 4.29. The third kappa shape index (κ3) is 5.09. The van der Waals surface area contributed by atoms with E-state index in [1.165, 1.54) is 16.8 Å². The van der Waals surface area contributed by atoms with Crippen LogP contribution in [-0.2, 0) is 12.7 Å². The van der Waals surface area contributed by atoms with Gasteiger partial charge in [0.2, 0.25) is 0 Å². The molecule has 7 nitrogen and oxygen atoms in total. The predicted octanol–water partition coefficient (Wildman–Crippen LogP) is 6.47. The quantitative estimate of drug-likeness (QED) is 0.251. The first-order chi connectivity index (χ1) is 18.5. The highest BCUT2D eigenvalue weighted by atomic mass is 19.4. The molecule has 0 aliphatic heterocycles. The molecule has 0 fully saturated rings. The minimum Gasteiger partial charge on any atom is -0.319 e. The molecule has 0 aliphatic rings. The van der Waals surface area contributed by atoms with Crippen LogP contribution < -0.4 is 5.32 Å². The molecule has 200 valence electrons. The molecule has 0 bridgehead atoms. The molecule has 3 aromatic heterocycles. The summed E-state index contributed by atoms with van der Waals surface area (Å²) >= 11 is 0. The fourth-order valence-corrected chi connectivity index (χ4v) is 4.29. The van der Waals surface area contributed by atoms with Gasteiger partial charge in [-0.25, -0.2) is 18.3 Å². The molecule has 1 amide bonds. The average Bonchev–Trinajstić information content (AvgIpc) is 3.44. The van der Waals surface area contributed by atoms with Gasteiger partial charge in [0.15, 0.2) is 5.65 Å². The van der Waals surface area contributed by atoms with Crippen molar-refractivity contribution in [2.75, 3.05) is 5.32 Å². The summed E-state index contributed by atoms with van der Waals surface area (Å²) in [5.41, 5.74) is 1.25. The maximum atomic E-state index is 13.9. The Morgan fingerprint density at radius 3 is 2.46 bits per heavy atom. The summed E-state index contributed by atoms with van der Waals surface area (Å²) < 4.78 is 69.5. The molecule has 0 saturated heterocycles. The van der Waals surface area contributed by atoms with Gasteiger partial charge in [-0.2, -0.15) is 23.4 Å². The van der Waals surface area contributed by atoms with Crippen LogP contribution in [0.15, 0.2) is 66.9 Å². The van der Waals surface area contributed by atoms with Gasteiger partial charge in [0.05, 0.1) is 41.1 Å². The number of fused-ring (bicyclic) bond motifs is 1. The molecular weight excluding hydrogens is 519 g/mol. The van der Waals surface area contributed by atoms with Gasteiger partial charge in [-0.1, -0.05) is 42.5 Å². The van der Waals surface area contributed by atoms with Crippen molar-refractivity contribution in [2.24, 2.45) is 0 Å². The first kappa shape index (κ1) is 26.0. The zero-order chi connectivity index (χ0) is 27.9. The van der Waals surface area contributed by atoms with Crippen molar-refractivity contribution in [3.8, 4) is 11.3 Å². The highest BCUT2D eigenvalue weighted by molar-refractivity contribution is 6.08. The number of nitrogens with one attached hydrogen (secondary N) is 1. The van der Waals surface area contributed by atoms with E-state index in [9.17, 15) is 26.7 Å². The van der Waals surface area contributed by atoms with Crippen molar-refractivity contribution in [1.82, 2.24) is 24.4 Å². The Morgan fingerprint density at radius 1 is 1.03 bits per heavy atom. The molecule has 39 heavy (non-hydrogen) atoms. The first-order valence-corrected chi connectivity index (χ1v) is 11.8. The number of aryl methyl sites for hydroxylation is 1. The molecule has 0 spiro atoms. The number of alkyl halides is 5. The zero-order valence-electron chi connectivity index (χ0n) is 20.7. The summed E-state index contributed by atoms with van der Waals surface area (Å²) in [6.07, 6.45) is -6.18. The lowest BCUT2D eigenvalue weighted by Gasteiger charge is -2.10. The number of benzene rings is 2. The number of carbonyl (C=O) groups is 1. The number of hydrogen-bond acceptors (Lipinski definition) is 4. The summed E-state index contributed by atoms with van der Waals surface area (Å²) in [4.78, 5) is 17.7. The number of hydrogen-bond donors (Lipinski definition) is 1. The third-order valence-electron chi connectivity index (χ3n) is 6.24. The van der Waals surface area contributed by atoms with Crippen molar-refractivity contribution in [1.29, 1.82) is 0 Å². The molecule has 0 atom stereocenters. The summed E-state index contributed by atoms with van der Waals surface area (Å²) in [6.45, 7) is 3.35. The highest BCUT2D eigenvalue weighted by Gasteiger charge is 2.30. The second-order valence-corrected chi connectivity index (χ2v) is 8.88. The van der Waals surface area contributed by atoms with Gasteiger partial charge in [0, 0.05) is 5.56 Å². The molecule has 2 aromatic carbocycles. The Hall–Kier alpha value is -4.61. The van der Waals surface area contributed by atoms with Gasteiger partial charge in [0.1, 0.15) is 11.3 Å². The number of anilines is 1. The van der Waals surface area contributed by atoms with Crippen molar-refractivity contribution in [3.63, 3.8) is 0 Å². The number of amides is 1. The van der Waals surface area contributed by atoms with Gasteiger partial charge >= 0.3 is 6.18 Å². The maximum absolute atomic E-state index is 13.9. The van der Waals surface area contributed by atoms with Crippen molar-refractivity contribution >= 4 is 17.2 Å². The third-order valence-corrected chi connectivity index (χ3v) is 6.24. The van der Waals surface area contributed by atoms with Gasteiger partial charge in [-0.3, -0.25) is 9.48 Å². The Labute approximate surface area is 218 Å². The molecule has 0 unspecified atom stereocenters. The number of aromatic nitrogens is 5. The molecule has 5 rings (SSSR count). The molecule has 5 aromatic rings. The van der Waals surface area contributed by atoms with E-state index < -0.39 is 29.8 Å². The van der Waals surface area contributed by atoms with E-state index in [0.29, 0.717) is 28.2 Å². The van der Waals surface area contributed by atoms with Crippen LogP contribution in [0, 0.1) is 13.8 Å². The molecule has 12 heteroatoms. The van der Waals surface area contributed by atoms with Crippen LogP contribution >= 0.6 is 0 Å². The number of halogens is 5. The Kier molecular flexibility index (Phi) is 6.62. The number of rotatable bonds is 6. The number of nitrogens with zero attached hydrogens (tertiary/aromatic N) is 5. The second kappa shape index (κ2) is 9.93. The van der Waals surface area contributed by atoms with Crippen molar-refractivity contribution < 1.29 is 26.7 Å². The largest absolute Gasteiger partial charge is 0.416 e.